The molecule has 314 valence electrons. The Bertz CT molecular complexity index is 842. The first-order valence-corrected chi connectivity index (χ1v) is 22.4. The van der Waals surface area contributed by atoms with Crippen molar-refractivity contribution in [3.05, 3.63) is 12.2 Å². The van der Waals surface area contributed by atoms with Gasteiger partial charge in [-0.3, -0.25) is 4.79 Å². The third-order valence-electron chi connectivity index (χ3n) is 10.9. The molecule has 0 bridgehead atoms. The van der Waals surface area contributed by atoms with Gasteiger partial charge in [-0.25, -0.2) is 0 Å². The number of hydrogen-bond acceptors (Lipinski definition) is 8. The van der Waals surface area contributed by atoms with Gasteiger partial charge < -0.3 is 40.3 Å². The van der Waals surface area contributed by atoms with E-state index in [1.54, 1.807) is 6.08 Å². The molecule has 9 heteroatoms. The van der Waals surface area contributed by atoms with Crippen LogP contribution in [0.5, 0.6) is 0 Å². The summed E-state index contributed by atoms with van der Waals surface area (Å²) in [6, 6.07) is -0.797. The number of aliphatic hydroxyl groups excluding tert-OH is 5. The van der Waals surface area contributed by atoms with Gasteiger partial charge in [-0.05, 0) is 19.3 Å². The Kier molecular flexibility index (Phi) is 33.3. The molecule has 1 aliphatic heterocycles. The van der Waals surface area contributed by atoms with E-state index in [0.717, 1.165) is 38.5 Å². The largest absolute Gasteiger partial charge is 0.394 e. The number of hydrogen-bond donors (Lipinski definition) is 6. The average molecular weight is 756 g/mol. The van der Waals surface area contributed by atoms with E-state index in [1.807, 2.05) is 6.08 Å². The molecule has 0 aromatic rings. The Morgan fingerprint density at radius 2 is 1.04 bits per heavy atom. The molecule has 0 spiro atoms. The summed E-state index contributed by atoms with van der Waals surface area (Å²) in [5, 5.41) is 54.1. The van der Waals surface area contributed by atoms with E-state index in [2.05, 4.69) is 19.2 Å². The SMILES string of the molecule is CCCCCCCCCCCCCC=CC(O)C(COC1OC(CO)C(O)C(O)C1O)NC(=O)CCCCCCCCCCCCCCCCCCC. The second kappa shape index (κ2) is 35.4. The summed E-state index contributed by atoms with van der Waals surface area (Å²) in [7, 11) is 0. The number of carbonyl (C=O) groups is 1. The van der Waals surface area contributed by atoms with E-state index >= 15 is 0 Å². The molecular weight excluding hydrogens is 670 g/mol. The maximum absolute atomic E-state index is 12.9. The zero-order chi connectivity index (χ0) is 38.8. The van der Waals surface area contributed by atoms with Crippen LogP contribution in [0.15, 0.2) is 12.2 Å². The van der Waals surface area contributed by atoms with E-state index in [1.165, 1.54) is 148 Å². The van der Waals surface area contributed by atoms with Gasteiger partial charge in [0.1, 0.15) is 24.4 Å². The quantitative estimate of drug-likeness (QED) is 0.0272. The lowest BCUT2D eigenvalue weighted by molar-refractivity contribution is -0.302. The molecule has 6 N–H and O–H groups in total. The van der Waals surface area contributed by atoms with Crippen LogP contribution in [0.4, 0.5) is 0 Å². The summed E-state index contributed by atoms with van der Waals surface area (Å²) < 4.78 is 11.2. The molecule has 0 aliphatic carbocycles. The molecule has 0 radical (unpaired) electrons. The maximum Gasteiger partial charge on any atom is 0.220 e. The summed E-state index contributed by atoms with van der Waals surface area (Å²) in [4.78, 5) is 12.9. The van der Waals surface area contributed by atoms with E-state index in [9.17, 15) is 30.3 Å². The lowest BCUT2D eigenvalue weighted by Gasteiger charge is -2.40. The summed E-state index contributed by atoms with van der Waals surface area (Å²) in [5.74, 6) is -0.175. The van der Waals surface area contributed by atoms with Gasteiger partial charge in [0.25, 0.3) is 0 Å². The molecule has 7 atom stereocenters. The molecule has 0 aromatic heterocycles. The second-order valence-electron chi connectivity index (χ2n) is 15.9. The summed E-state index contributed by atoms with van der Waals surface area (Å²) in [5.41, 5.74) is 0. The third-order valence-corrected chi connectivity index (χ3v) is 10.9. The van der Waals surface area contributed by atoms with Gasteiger partial charge in [0.05, 0.1) is 25.4 Å². The Labute approximate surface area is 325 Å². The molecule has 1 heterocycles. The zero-order valence-corrected chi connectivity index (χ0v) is 34.3. The normalized spacial score (nSPS) is 21.7. The van der Waals surface area contributed by atoms with Gasteiger partial charge in [-0.2, -0.15) is 0 Å². The lowest BCUT2D eigenvalue weighted by atomic mass is 9.99. The van der Waals surface area contributed by atoms with Gasteiger partial charge >= 0.3 is 0 Å². The van der Waals surface area contributed by atoms with Gasteiger partial charge in [0.15, 0.2) is 6.29 Å². The van der Waals surface area contributed by atoms with E-state index in [0.29, 0.717) is 6.42 Å². The smallest absolute Gasteiger partial charge is 0.220 e. The highest BCUT2D eigenvalue weighted by atomic mass is 16.7. The van der Waals surface area contributed by atoms with Crippen molar-refractivity contribution >= 4 is 5.91 Å². The van der Waals surface area contributed by atoms with Crippen molar-refractivity contribution in [2.24, 2.45) is 0 Å². The topological polar surface area (TPSA) is 149 Å². The standard InChI is InChI=1S/C44H85NO8/c1-3-5-7-9-11-13-15-17-18-19-20-22-24-26-28-30-32-34-40(48)45-37(36-52-44-43(51)42(50)41(49)39(35-46)53-44)38(47)33-31-29-27-25-23-21-16-14-12-10-8-6-4-2/h31,33,37-39,41-44,46-47,49-51H,3-30,32,34-36H2,1-2H3,(H,45,48). The van der Waals surface area contributed by atoms with Crippen LogP contribution in [0.2, 0.25) is 0 Å². The fraction of sp³-hybridized carbons (Fsp3) is 0.932. The van der Waals surface area contributed by atoms with Crippen LogP contribution in [0.1, 0.15) is 206 Å². The second-order valence-corrected chi connectivity index (χ2v) is 15.9. The van der Waals surface area contributed by atoms with Gasteiger partial charge in [0, 0.05) is 6.42 Å². The van der Waals surface area contributed by atoms with Crippen molar-refractivity contribution in [1.29, 1.82) is 0 Å². The van der Waals surface area contributed by atoms with Crippen molar-refractivity contribution in [3.8, 4) is 0 Å². The Morgan fingerprint density at radius 1 is 0.623 bits per heavy atom. The molecule has 1 amide bonds. The zero-order valence-electron chi connectivity index (χ0n) is 34.3. The molecule has 0 aromatic carbocycles. The number of aliphatic hydroxyl groups is 5. The van der Waals surface area contributed by atoms with Crippen LogP contribution >= 0.6 is 0 Å². The first kappa shape index (κ1) is 49.9. The Hall–Kier alpha value is -1.07. The highest BCUT2D eigenvalue weighted by Gasteiger charge is 2.44. The highest BCUT2D eigenvalue weighted by Crippen LogP contribution is 2.23. The number of rotatable bonds is 37. The Balaban J connectivity index is 2.35. The molecule has 1 fully saturated rings. The monoisotopic (exact) mass is 756 g/mol. The van der Waals surface area contributed by atoms with Gasteiger partial charge in [-0.1, -0.05) is 193 Å². The molecule has 53 heavy (non-hydrogen) atoms. The van der Waals surface area contributed by atoms with Crippen molar-refractivity contribution in [3.63, 3.8) is 0 Å². The van der Waals surface area contributed by atoms with Crippen LogP contribution in [0, 0.1) is 0 Å². The van der Waals surface area contributed by atoms with Crippen LogP contribution in [-0.2, 0) is 14.3 Å². The third kappa shape index (κ3) is 26.4. The molecule has 0 saturated carbocycles. The van der Waals surface area contributed by atoms with Crippen molar-refractivity contribution < 1.29 is 39.8 Å². The van der Waals surface area contributed by atoms with Crippen molar-refractivity contribution in [2.75, 3.05) is 13.2 Å². The number of amides is 1. The summed E-state index contributed by atoms with van der Waals surface area (Å²) in [6.45, 7) is 3.77. The van der Waals surface area contributed by atoms with E-state index in [4.69, 9.17) is 9.47 Å². The molecule has 1 saturated heterocycles. The number of carbonyl (C=O) groups excluding carboxylic acids is 1. The van der Waals surface area contributed by atoms with Crippen LogP contribution in [-0.4, -0.2) is 87.5 Å². The van der Waals surface area contributed by atoms with Crippen molar-refractivity contribution in [1.82, 2.24) is 5.32 Å². The van der Waals surface area contributed by atoms with Gasteiger partial charge in [0.2, 0.25) is 5.91 Å². The fourth-order valence-electron chi connectivity index (χ4n) is 7.21. The number of nitrogens with one attached hydrogen (secondary N) is 1. The molecule has 1 aliphatic rings. The predicted octanol–water partition coefficient (Wildman–Crippen LogP) is 8.95. The van der Waals surface area contributed by atoms with Crippen LogP contribution in [0.25, 0.3) is 0 Å². The molecule has 9 nitrogen and oxygen atoms in total. The maximum atomic E-state index is 12.9. The predicted molar refractivity (Wildman–Crippen MR) is 217 cm³/mol. The minimum Gasteiger partial charge on any atom is -0.394 e. The van der Waals surface area contributed by atoms with Crippen molar-refractivity contribution in [2.45, 2.75) is 249 Å². The number of unbranched alkanes of at least 4 members (excludes halogenated alkanes) is 27. The Morgan fingerprint density at radius 3 is 1.47 bits per heavy atom. The summed E-state index contributed by atoms with van der Waals surface area (Å²) >= 11 is 0. The minimum atomic E-state index is -1.56. The molecular formula is C44H85NO8. The minimum absolute atomic E-state index is 0.175. The fourth-order valence-corrected chi connectivity index (χ4v) is 7.21. The summed E-state index contributed by atoms with van der Waals surface area (Å²) in [6.07, 6.45) is 32.5. The first-order chi connectivity index (χ1) is 25.8. The molecule has 1 rings (SSSR count). The van der Waals surface area contributed by atoms with Gasteiger partial charge in [-0.15, -0.1) is 0 Å². The number of allylic oxidation sites excluding steroid dienone is 1. The number of ether oxygens (including phenoxy) is 2. The van der Waals surface area contributed by atoms with E-state index in [-0.39, 0.29) is 12.5 Å². The van der Waals surface area contributed by atoms with Crippen LogP contribution < -0.4 is 5.32 Å². The molecule has 7 unspecified atom stereocenters. The van der Waals surface area contributed by atoms with Crippen LogP contribution in [0.3, 0.4) is 0 Å². The first-order valence-electron chi connectivity index (χ1n) is 22.4. The average Bonchev–Trinajstić information content (AvgIpc) is 3.16. The lowest BCUT2D eigenvalue weighted by Crippen LogP contribution is -2.60. The van der Waals surface area contributed by atoms with E-state index < -0.39 is 49.5 Å². The highest BCUT2D eigenvalue weighted by molar-refractivity contribution is 5.76.